The lowest BCUT2D eigenvalue weighted by atomic mass is 9.52. The van der Waals surface area contributed by atoms with Gasteiger partial charge in [0.2, 0.25) is 0 Å². The van der Waals surface area contributed by atoms with E-state index in [9.17, 15) is 5.11 Å². The summed E-state index contributed by atoms with van der Waals surface area (Å²) >= 11 is 0. The summed E-state index contributed by atoms with van der Waals surface area (Å²) in [6, 6.07) is 15.4. The second-order valence-electron chi connectivity index (χ2n) is 8.61. The normalized spacial score (nSPS) is 29.9. The Kier molecular flexibility index (Phi) is 2.81. The van der Waals surface area contributed by atoms with Crippen molar-refractivity contribution in [1.82, 2.24) is 9.88 Å². The molecule has 0 spiro atoms. The maximum Gasteiger partial charge on any atom is 0.115 e. The minimum Gasteiger partial charge on any atom is -0.508 e. The zero-order valence-corrected chi connectivity index (χ0v) is 15.1. The van der Waals surface area contributed by atoms with Gasteiger partial charge in [-0.3, -0.25) is 0 Å². The van der Waals surface area contributed by atoms with Gasteiger partial charge in [-0.2, -0.15) is 0 Å². The first-order chi connectivity index (χ1) is 12.7. The van der Waals surface area contributed by atoms with E-state index in [0.717, 1.165) is 25.8 Å². The van der Waals surface area contributed by atoms with E-state index in [0.29, 0.717) is 17.7 Å². The molecule has 2 aromatic carbocycles. The number of phenols is 1. The summed E-state index contributed by atoms with van der Waals surface area (Å²) in [5.41, 5.74) is 7.24. The fourth-order valence-electron chi connectivity index (χ4n) is 6.29. The van der Waals surface area contributed by atoms with Crippen LogP contribution in [0.15, 0.2) is 42.5 Å². The van der Waals surface area contributed by atoms with Crippen LogP contribution in [0.5, 0.6) is 5.75 Å². The number of nitrogens with one attached hydrogen (secondary N) is 1. The summed E-state index contributed by atoms with van der Waals surface area (Å²) < 4.78 is 0. The van der Waals surface area contributed by atoms with Crippen molar-refractivity contribution in [3.8, 4) is 5.75 Å². The van der Waals surface area contributed by atoms with E-state index in [2.05, 4.69) is 53.3 Å². The Bertz CT molecular complexity index is 1040. The van der Waals surface area contributed by atoms with Gasteiger partial charge in [-0.15, -0.1) is 0 Å². The maximum atomic E-state index is 10.2. The van der Waals surface area contributed by atoms with Crippen LogP contribution in [0.25, 0.3) is 10.9 Å². The Morgan fingerprint density at radius 2 is 2.04 bits per heavy atom. The molecule has 1 saturated heterocycles. The van der Waals surface area contributed by atoms with Gasteiger partial charge in [-0.05, 0) is 80.1 Å². The summed E-state index contributed by atoms with van der Waals surface area (Å²) in [5.74, 6) is 1.04. The standard InChI is InChI=1S/C23H24N2O/c1-25-9-8-23-13-21-17(16-4-2-3-5-20(16)24-21)12-19(23)22(25)10-14-6-7-15(26)11-18(14)23/h2-7,11,19,22,24,26H,8-10,12-13H2,1H3/t19?,22-,23-/m0/s1. The number of para-hydroxylation sites is 1. The lowest BCUT2D eigenvalue weighted by Crippen LogP contribution is -2.61. The van der Waals surface area contributed by atoms with E-state index in [1.165, 1.54) is 39.7 Å². The van der Waals surface area contributed by atoms with E-state index in [1.54, 1.807) is 0 Å². The first-order valence-electron chi connectivity index (χ1n) is 9.77. The molecule has 6 rings (SSSR count). The lowest BCUT2D eigenvalue weighted by Gasteiger charge is -2.58. The topological polar surface area (TPSA) is 39.3 Å². The molecule has 1 aromatic heterocycles. The van der Waals surface area contributed by atoms with Crippen molar-refractivity contribution in [2.75, 3.05) is 13.6 Å². The van der Waals surface area contributed by atoms with Crippen molar-refractivity contribution in [3.05, 3.63) is 64.8 Å². The molecule has 3 aromatic rings. The van der Waals surface area contributed by atoms with Gasteiger partial charge >= 0.3 is 0 Å². The van der Waals surface area contributed by atoms with Gasteiger partial charge in [-0.25, -0.2) is 0 Å². The average Bonchev–Trinajstić information content (AvgIpc) is 3.00. The van der Waals surface area contributed by atoms with Gasteiger partial charge in [0.25, 0.3) is 0 Å². The number of nitrogens with zero attached hydrogens (tertiary/aromatic N) is 1. The van der Waals surface area contributed by atoms with E-state index >= 15 is 0 Å². The van der Waals surface area contributed by atoms with Crippen LogP contribution in [0.4, 0.5) is 0 Å². The Morgan fingerprint density at radius 3 is 2.96 bits per heavy atom. The minimum atomic E-state index is 0.164. The second kappa shape index (κ2) is 4.92. The SMILES string of the molecule is CN1CC[C@@]23Cc4[nH]c5ccccc5c4CC2[C@@H]1Cc1ccc(O)cc13. The number of likely N-dealkylation sites (tertiary alicyclic amines) is 1. The van der Waals surface area contributed by atoms with Crippen LogP contribution < -0.4 is 0 Å². The molecule has 1 unspecified atom stereocenters. The molecular formula is C23H24N2O. The second-order valence-corrected chi connectivity index (χ2v) is 8.61. The molecule has 2 aliphatic carbocycles. The summed E-state index contributed by atoms with van der Waals surface area (Å²) in [6.45, 7) is 1.14. The largest absolute Gasteiger partial charge is 0.508 e. The van der Waals surface area contributed by atoms with Crippen molar-refractivity contribution < 1.29 is 5.11 Å². The number of fused-ring (bicyclic) bond motifs is 4. The number of piperidine rings is 1. The third-order valence-electron chi connectivity index (χ3n) is 7.53. The maximum absolute atomic E-state index is 10.2. The fourth-order valence-corrected chi connectivity index (χ4v) is 6.29. The fraction of sp³-hybridized carbons (Fsp3) is 0.391. The molecule has 3 nitrogen and oxygen atoms in total. The van der Waals surface area contributed by atoms with Crippen molar-refractivity contribution in [1.29, 1.82) is 0 Å². The zero-order chi connectivity index (χ0) is 17.5. The van der Waals surface area contributed by atoms with Crippen LogP contribution in [-0.4, -0.2) is 34.6 Å². The summed E-state index contributed by atoms with van der Waals surface area (Å²) in [6.07, 6.45) is 4.50. The third kappa shape index (κ3) is 1.77. The smallest absolute Gasteiger partial charge is 0.115 e. The number of rotatable bonds is 0. The van der Waals surface area contributed by atoms with Gasteiger partial charge in [-0.1, -0.05) is 24.3 Å². The molecule has 3 heteroatoms. The van der Waals surface area contributed by atoms with Crippen molar-refractivity contribution in [2.24, 2.45) is 5.92 Å². The van der Waals surface area contributed by atoms with Gasteiger partial charge in [0, 0.05) is 28.1 Å². The quantitative estimate of drug-likeness (QED) is 0.651. The number of aromatic hydroxyl groups is 1. The van der Waals surface area contributed by atoms with E-state index in [1.807, 2.05) is 6.07 Å². The monoisotopic (exact) mass is 344 g/mol. The van der Waals surface area contributed by atoms with Crippen LogP contribution in [0.2, 0.25) is 0 Å². The number of aromatic nitrogens is 1. The van der Waals surface area contributed by atoms with Gasteiger partial charge in [0.05, 0.1) is 0 Å². The molecule has 0 amide bonds. The first-order valence-corrected chi connectivity index (χ1v) is 9.77. The van der Waals surface area contributed by atoms with Gasteiger partial charge in [0.1, 0.15) is 5.75 Å². The number of H-pyrrole nitrogens is 1. The van der Waals surface area contributed by atoms with Crippen molar-refractivity contribution in [2.45, 2.75) is 37.1 Å². The molecule has 1 fully saturated rings. The molecule has 2 N–H and O–H groups in total. The van der Waals surface area contributed by atoms with Crippen LogP contribution >= 0.6 is 0 Å². The zero-order valence-electron chi connectivity index (χ0n) is 15.1. The Balaban J connectivity index is 1.60. The molecule has 132 valence electrons. The minimum absolute atomic E-state index is 0.164. The number of hydrogen-bond acceptors (Lipinski definition) is 2. The van der Waals surface area contributed by atoms with Gasteiger partial charge in [0.15, 0.2) is 0 Å². The highest BCUT2D eigenvalue weighted by atomic mass is 16.3. The Labute approximate surface area is 153 Å². The summed E-state index contributed by atoms with van der Waals surface area (Å²) in [5, 5.41) is 11.6. The molecular weight excluding hydrogens is 320 g/mol. The molecule has 3 aliphatic rings. The predicted octanol–water partition coefficient (Wildman–Crippen LogP) is 3.79. The highest BCUT2D eigenvalue weighted by molar-refractivity contribution is 5.85. The summed E-state index contributed by atoms with van der Waals surface area (Å²) in [4.78, 5) is 6.31. The highest BCUT2D eigenvalue weighted by Crippen LogP contribution is 2.55. The third-order valence-corrected chi connectivity index (χ3v) is 7.53. The highest BCUT2D eigenvalue weighted by Gasteiger charge is 2.54. The average molecular weight is 344 g/mol. The van der Waals surface area contributed by atoms with Crippen LogP contribution in [-0.2, 0) is 24.7 Å². The number of likely N-dealkylation sites (N-methyl/N-ethyl adjacent to an activating group) is 1. The number of phenolic OH excluding ortho intramolecular Hbond substituents is 1. The molecule has 2 heterocycles. The molecule has 3 atom stereocenters. The predicted molar refractivity (Wildman–Crippen MR) is 104 cm³/mol. The number of aromatic amines is 1. The molecule has 1 aliphatic heterocycles. The van der Waals surface area contributed by atoms with Gasteiger partial charge < -0.3 is 15.0 Å². The number of hydrogen-bond donors (Lipinski definition) is 2. The van der Waals surface area contributed by atoms with E-state index < -0.39 is 0 Å². The lowest BCUT2D eigenvalue weighted by molar-refractivity contribution is 0.0240. The molecule has 0 radical (unpaired) electrons. The Morgan fingerprint density at radius 1 is 1.15 bits per heavy atom. The van der Waals surface area contributed by atoms with Crippen LogP contribution in [0.3, 0.4) is 0 Å². The van der Waals surface area contributed by atoms with Crippen LogP contribution in [0.1, 0.15) is 28.8 Å². The molecule has 0 saturated carbocycles. The first kappa shape index (κ1) is 14.9. The van der Waals surface area contributed by atoms with Crippen LogP contribution in [0, 0.1) is 5.92 Å². The van der Waals surface area contributed by atoms with E-state index in [-0.39, 0.29) is 5.41 Å². The van der Waals surface area contributed by atoms with Crippen molar-refractivity contribution >= 4 is 10.9 Å². The van der Waals surface area contributed by atoms with Crippen molar-refractivity contribution in [3.63, 3.8) is 0 Å². The Hall–Kier alpha value is -2.26. The van der Waals surface area contributed by atoms with E-state index in [4.69, 9.17) is 0 Å². The summed E-state index contributed by atoms with van der Waals surface area (Å²) in [7, 11) is 2.30. The molecule has 2 bridgehead atoms. The number of benzene rings is 2. The molecule has 26 heavy (non-hydrogen) atoms.